The van der Waals surface area contributed by atoms with Crippen LogP contribution in [0.4, 0.5) is 0 Å². The number of hydrogen-bond acceptors (Lipinski definition) is 5. The number of aliphatic hydroxyl groups is 1. The molecule has 1 N–H and O–H groups in total. The summed E-state index contributed by atoms with van der Waals surface area (Å²) < 4.78 is 4.71. The average molecular weight is 230 g/mol. The van der Waals surface area contributed by atoms with E-state index in [-0.39, 0.29) is 19.4 Å². The molecule has 7 nitrogen and oxygen atoms in total. The van der Waals surface area contributed by atoms with Crippen molar-refractivity contribution in [3.63, 3.8) is 0 Å². The van der Waals surface area contributed by atoms with Crippen LogP contribution < -0.4 is 0 Å². The Morgan fingerprint density at radius 3 is 2.75 bits per heavy atom. The van der Waals surface area contributed by atoms with E-state index in [9.17, 15) is 4.79 Å². The van der Waals surface area contributed by atoms with Gasteiger partial charge in [-0.25, -0.2) is 0 Å². The second kappa shape index (κ2) is 7.92. The van der Waals surface area contributed by atoms with E-state index in [1.807, 2.05) is 25.8 Å². The minimum absolute atomic E-state index is 0.131. The van der Waals surface area contributed by atoms with E-state index in [1.165, 1.54) is 0 Å². The number of esters is 1. The van der Waals surface area contributed by atoms with Gasteiger partial charge in [-0.15, -0.1) is 0 Å². The van der Waals surface area contributed by atoms with Gasteiger partial charge in [0.15, 0.2) is 6.73 Å². The molecule has 92 valence electrons. The smallest absolute Gasteiger partial charge is 0.312 e. The van der Waals surface area contributed by atoms with E-state index < -0.39 is 11.9 Å². The molecule has 0 fully saturated rings. The molecule has 0 aromatic rings. The number of ether oxygens (including phenoxy) is 1. The third-order valence-corrected chi connectivity index (χ3v) is 2.60. The van der Waals surface area contributed by atoms with Gasteiger partial charge in [-0.2, -0.15) is 0 Å². The molecule has 2 unspecified atom stereocenters. The quantitative estimate of drug-likeness (QED) is 0.302. The molecule has 0 heterocycles. The first-order valence-electron chi connectivity index (χ1n) is 5.07. The van der Waals surface area contributed by atoms with Gasteiger partial charge in [0.1, 0.15) is 0 Å². The highest BCUT2D eigenvalue weighted by molar-refractivity contribution is 5.73. The molecule has 0 saturated carbocycles. The third-order valence-electron chi connectivity index (χ3n) is 2.60. The van der Waals surface area contributed by atoms with Gasteiger partial charge in [0, 0.05) is 11.0 Å². The van der Waals surface area contributed by atoms with Gasteiger partial charge in [0.05, 0.1) is 12.5 Å². The van der Waals surface area contributed by atoms with Crippen LogP contribution in [0.5, 0.6) is 0 Å². The molecule has 0 spiro atoms. The Bertz CT molecular complexity index is 265. The molecule has 0 aromatic heterocycles. The lowest BCUT2D eigenvalue weighted by molar-refractivity contribution is -0.152. The number of nitrogens with zero attached hydrogens (tertiary/aromatic N) is 4. The van der Waals surface area contributed by atoms with Crippen molar-refractivity contribution in [3.8, 4) is 0 Å². The number of aliphatic hydroxyl groups excluding tert-OH is 1. The van der Waals surface area contributed by atoms with Crippen LogP contribution in [0.3, 0.4) is 0 Å². The molecule has 16 heavy (non-hydrogen) atoms. The van der Waals surface area contributed by atoms with Gasteiger partial charge < -0.3 is 14.7 Å². The maximum Gasteiger partial charge on any atom is 0.312 e. The monoisotopic (exact) mass is 230 g/mol. The van der Waals surface area contributed by atoms with E-state index in [0.717, 1.165) is 6.54 Å². The SMILES string of the molecule is CCN(C)C(C)C(CO)C(=O)OCN=[N+]=[N-]. The molecular formula is C9H18N4O3. The Balaban J connectivity index is 4.35. The van der Waals surface area contributed by atoms with E-state index in [1.54, 1.807) is 0 Å². The van der Waals surface area contributed by atoms with Crippen molar-refractivity contribution in [2.45, 2.75) is 19.9 Å². The second-order valence-electron chi connectivity index (χ2n) is 3.43. The third kappa shape index (κ3) is 4.48. The Hall–Kier alpha value is -1.30. The summed E-state index contributed by atoms with van der Waals surface area (Å²) in [4.78, 5) is 15.9. The van der Waals surface area contributed by atoms with Crippen molar-refractivity contribution in [1.29, 1.82) is 0 Å². The van der Waals surface area contributed by atoms with E-state index in [0.29, 0.717) is 0 Å². The number of carbonyl (C=O) groups is 1. The molecule has 0 saturated heterocycles. The predicted molar refractivity (Wildman–Crippen MR) is 58.4 cm³/mol. The summed E-state index contributed by atoms with van der Waals surface area (Å²) in [5.74, 6) is -1.18. The fourth-order valence-electron chi connectivity index (χ4n) is 1.24. The Morgan fingerprint density at radius 2 is 2.31 bits per heavy atom. The largest absolute Gasteiger partial charge is 0.459 e. The predicted octanol–water partition coefficient (Wildman–Crippen LogP) is 0.746. The van der Waals surface area contributed by atoms with Crippen molar-refractivity contribution in [1.82, 2.24) is 4.90 Å². The first-order chi connectivity index (χ1) is 7.58. The summed E-state index contributed by atoms with van der Waals surface area (Å²) in [5.41, 5.74) is 8.02. The lowest BCUT2D eigenvalue weighted by atomic mass is 10.0. The summed E-state index contributed by atoms with van der Waals surface area (Å²) in [6.07, 6.45) is 0. The van der Waals surface area contributed by atoms with Crippen LogP contribution >= 0.6 is 0 Å². The van der Waals surface area contributed by atoms with Crippen molar-refractivity contribution >= 4 is 5.97 Å². The Kier molecular flexibility index (Phi) is 7.28. The number of azide groups is 1. The maximum absolute atomic E-state index is 11.5. The van der Waals surface area contributed by atoms with Gasteiger partial charge in [0.2, 0.25) is 0 Å². The summed E-state index contributed by atoms with van der Waals surface area (Å²) >= 11 is 0. The zero-order valence-corrected chi connectivity index (χ0v) is 9.83. The van der Waals surface area contributed by atoms with Crippen molar-refractivity contribution in [2.75, 3.05) is 26.9 Å². The van der Waals surface area contributed by atoms with Crippen LogP contribution in [0.2, 0.25) is 0 Å². The van der Waals surface area contributed by atoms with Gasteiger partial charge >= 0.3 is 5.97 Å². The van der Waals surface area contributed by atoms with Crippen LogP contribution in [-0.4, -0.2) is 48.9 Å². The van der Waals surface area contributed by atoms with E-state index in [2.05, 4.69) is 10.0 Å². The minimum Gasteiger partial charge on any atom is -0.459 e. The van der Waals surface area contributed by atoms with Gasteiger partial charge in [0.25, 0.3) is 0 Å². The van der Waals surface area contributed by atoms with Crippen LogP contribution in [0, 0.1) is 5.92 Å². The summed E-state index contributed by atoms with van der Waals surface area (Å²) in [6.45, 7) is 3.92. The topological polar surface area (TPSA) is 98.5 Å². The number of hydrogen-bond donors (Lipinski definition) is 1. The number of carbonyl (C=O) groups excluding carboxylic acids is 1. The van der Waals surface area contributed by atoms with Crippen molar-refractivity contribution < 1.29 is 14.6 Å². The summed E-state index contributed by atoms with van der Waals surface area (Å²) in [5, 5.41) is 12.2. The maximum atomic E-state index is 11.5. The second-order valence-corrected chi connectivity index (χ2v) is 3.43. The van der Waals surface area contributed by atoms with Crippen LogP contribution in [0.25, 0.3) is 10.4 Å². The van der Waals surface area contributed by atoms with Crippen LogP contribution in [-0.2, 0) is 9.53 Å². The minimum atomic E-state index is -0.626. The van der Waals surface area contributed by atoms with E-state index >= 15 is 0 Å². The Morgan fingerprint density at radius 1 is 1.69 bits per heavy atom. The Labute approximate surface area is 94.6 Å². The van der Waals surface area contributed by atoms with Crippen molar-refractivity contribution in [2.24, 2.45) is 11.0 Å². The molecule has 7 heteroatoms. The fourth-order valence-corrected chi connectivity index (χ4v) is 1.24. The van der Waals surface area contributed by atoms with Crippen molar-refractivity contribution in [3.05, 3.63) is 10.4 Å². The van der Waals surface area contributed by atoms with Crippen LogP contribution in [0.15, 0.2) is 5.11 Å². The normalized spacial score (nSPS) is 14.1. The standard InChI is InChI=1S/C9H18N4O3/c1-4-13(3)7(2)8(5-14)9(15)16-6-11-12-10/h7-8,14H,4-6H2,1-3H3. The highest BCUT2D eigenvalue weighted by atomic mass is 16.5. The molecule has 0 aliphatic heterocycles. The highest BCUT2D eigenvalue weighted by Gasteiger charge is 2.27. The number of rotatable bonds is 7. The molecule has 0 aliphatic rings. The van der Waals surface area contributed by atoms with Gasteiger partial charge in [-0.3, -0.25) is 4.79 Å². The molecule has 0 rings (SSSR count). The summed E-state index contributed by atoms with van der Waals surface area (Å²) in [7, 11) is 1.86. The van der Waals surface area contributed by atoms with Crippen LogP contribution in [0.1, 0.15) is 13.8 Å². The molecule has 0 radical (unpaired) electrons. The summed E-state index contributed by atoms with van der Waals surface area (Å²) in [6, 6.07) is -0.131. The molecular weight excluding hydrogens is 212 g/mol. The van der Waals surface area contributed by atoms with Gasteiger partial charge in [-0.05, 0) is 26.0 Å². The lowest BCUT2D eigenvalue weighted by Gasteiger charge is -2.28. The highest BCUT2D eigenvalue weighted by Crippen LogP contribution is 2.11. The zero-order valence-electron chi connectivity index (χ0n) is 9.83. The lowest BCUT2D eigenvalue weighted by Crippen LogP contribution is -2.41. The average Bonchev–Trinajstić information content (AvgIpc) is 2.29. The van der Waals surface area contributed by atoms with E-state index in [4.69, 9.17) is 15.4 Å². The molecule has 0 amide bonds. The first kappa shape index (κ1) is 14.7. The molecule has 0 bridgehead atoms. The first-order valence-corrected chi connectivity index (χ1v) is 5.07. The fraction of sp³-hybridized carbons (Fsp3) is 0.889. The molecule has 0 aliphatic carbocycles. The molecule has 0 aromatic carbocycles. The zero-order chi connectivity index (χ0) is 12.6. The molecule has 2 atom stereocenters. The van der Waals surface area contributed by atoms with Gasteiger partial charge in [-0.1, -0.05) is 12.0 Å².